The Hall–Kier alpha value is -0.810. The minimum absolute atomic E-state index is 0. The fourth-order valence-corrected chi connectivity index (χ4v) is 2.62. The third kappa shape index (κ3) is 9.45. The van der Waals surface area contributed by atoms with Crippen LogP contribution in [0.1, 0.15) is 62.9 Å². The minimum atomic E-state index is -0.0284. The van der Waals surface area contributed by atoms with Gasteiger partial charge in [0, 0.05) is 30.7 Å². The van der Waals surface area contributed by atoms with Crippen molar-refractivity contribution >= 4 is 30.7 Å². The Labute approximate surface area is 165 Å². The number of hydrogen-bond acceptors (Lipinski definition) is 3. The van der Waals surface area contributed by atoms with Gasteiger partial charge in [-0.1, -0.05) is 38.8 Å². The molecule has 1 amide bonds. The Morgan fingerprint density at radius 1 is 1.16 bits per heavy atom. The monoisotopic (exact) mass is 391 g/mol. The number of benzene rings is 1. The molecule has 0 spiro atoms. The van der Waals surface area contributed by atoms with Crippen LogP contribution in [0.3, 0.4) is 0 Å². The van der Waals surface area contributed by atoms with E-state index < -0.39 is 0 Å². The van der Waals surface area contributed by atoms with E-state index in [1.54, 1.807) is 0 Å². The lowest BCUT2D eigenvalue weighted by atomic mass is 10.1. The molecular weight excluding hydrogens is 357 g/mol. The summed E-state index contributed by atoms with van der Waals surface area (Å²) in [5.41, 5.74) is 7.68. The molecule has 0 bridgehead atoms. The molecule has 0 aliphatic carbocycles. The molecule has 0 radical (unpaired) electrons. The average Bonchev–Trinajstić information content (AvgIpc) is 2.56. The third-order valence-corrected chi connectivity index (χ3v) is 4.26. The Morgan fingerprint density at radius 2 is 1.76 bits per heavy atom. The van der Waals surface area contributed by atoms with Crippen molar-refractivity contribution in [3.63, 3.8) is 0 Å². The standard InChI is InChI=1S/C19H33N3O.2ClH/c1-5-7-8-18(13-20)21-19(23)17-11-9-16(10-12-17)14-22(6-2)15(3)4;;/h9-12,15,18H,5-8,13-14,20H2,1-4H3,(H,21,23);2*1H. The summed E-state index contributed by atoms with van der Waals surface area (Å²) in [7, 11) is 0. The number of carbonyl (C=O) groups excluding carboxylic acids is 1. The van der Waals surface area contributed by atoms with Gasteiger partial charge in [0.1, 0.15) is 0 Å². The molecule has 1 unspecified atom stereocenters. The Balaban J connectivity index is 0. The molecule has 3 N–H and O–H groups in total. The summed E-state index contributed by atoms with van der Waals surface area (Å²) in [6, 6.07) is 8.50. The third-order valence-electron chi connectivity index (χ3n) is 4.26. The van der Waals surface area contributed by atoms with Crippen LogP contribution in [0.2, 0.25) is 0 Å². The maximum Gasteiger partial charge on any atom is 0.251 e. The quantitative estimate of drug-likeness (QED) is 0.633. The van der Waals surface area contributed by atoms with Crippen molar-refractivity contribution in [2.75, 3.05) is 13.1 Å². The summed E-state index contributed by atoms with van der Waals surface area (Å²) < 4.78 is 0. The average molecular weight is 392 g/mol. The van der Waals surface area contributed by atoms with Crippen molar-refractivity contribution in [2.45, 2.75) is 65.6 Å². The van der Waals surface area contributed by atoms with E-state index in [9.17, 15) is 4.79 Å². The molecule has 0 aliphatic heterocycles. The van der Waals surface area contributed by atoms with Crippen LogP contribution in [-0.2, 0) is 6.54 Å². The van der Waals surface area contributed by atoms with Gasteiger partial charge in [-0.05, 0) is 44.5 Å². The molecule has 1 rings (SSSR count). The Bertz CT molecular complexity index is 466. The van der Waals surface area contributed by atoms with Gasteiger partial charge in [-0.3, -0.25) is 9.69 Å². The lowest BCUT2D eigenvalue weighted by Crippen LogP contribution is -2.40. The van der Waals surface area contributed by atoms with Crippen LogP contribution in [0.15, 0.2) is 24.3 Å². The van der Waals surface area contributed by atoms with Crippen LogP contribution in [0.25, 0.3) is 0 Å². The maximum absolute atomic E-state index is 12.3. The molecule has 0 saturated carbocycles. The summed E-state index contributed by atoms with van der Waals surface area (Å²) in [5.74, 6) is -0.0284. The van der Waals surface area contributed by atoms with Crippen LogP contribution >= 0.6 is 24.8 Å². The Kier molecular flexibility index (Phi) is 15.2. The molecule has 4 nitrogen and oxygen atoms in total. The number of rotatable bonds is 10. The molecule has 1 aromatic carbocycles. The highest BCUT2D eigenvalue weighted by Gasteiger charge is 2.13. The lowest BCUT2D eigenvalue weighted by molar-refractivity contribution is 0.0935. The SMILES string of the molecule is CCCCC(CN)NC(=O)c1ccc(CN(CC)C(C)C)cc1.Cl.Cl. The summed E-state index contributed by atoms with van der Waals surface area (Å²) in [6.45, 7) is 11.1. The normalized spacial score (nSPS) is 11.6. The van der Waals surface area contributed by atoms with Crippen LogP contribution in [0.5, 0.6) is 0 Å². The molecule has 1 atom stereocenters. The first kappa shape index (κ1) is 26.4. The second-order valence-electron chi connectivity index (χ2n) is 6.40. The van der Waals surface area contributed by atoms with Gasteiger partial charge in [-0.15, -0.1) is 24.8 Å². The molecule has 146 valence electrons. The van der Waals surface area contributed by atoms with E-state index in [0.29, 0.717) is 18.2 Å². The number of nitrogens with two attached hydrogens (primary N) is 1. The van der Waals surface area contributed by atoms with Crippen molar-refractivity contribution in [1.29, 1.82) is 0 Å². The van der Waals surface area contributed by atoms with Crippen LogP contribution in [-0.4, -0.2) is 36.0 Å². The molecular formula is C19H35Cl2N3O. The van der Waals surface area contributed by atoms with E-state index in [1.165, 1.54) is 5.56 Å². The zero-order chi connectivity index (χ0) is 17.2. The van der Waals surface area contributed by atoms with E-state index in [-0.39, 0.29) is 36.8 Å². The van der Waals surface area contributed by atoms with E-state index >= 15 is 0 Å². The van der Waals surface area contributed by atoms with E-state index in [2.05, 4.69) is 37.9 Å². The predicted molar refractivity (Wildman–Crippen MR) is 112 cm³/mol. The maximum atomic E-state index is 12.3. The van der Waals surface area contributed by atoms with Gasteiger partial charge >= 0.3 is 0 Å². The largest absolute Gasteiger partial charge is 0.348 e. The molecule has 1 aromatic rings. The van der Waals surface area contributed by atoms with Crippen molar-refractivity contribution in [3.8, 4) is 0 Å². The van der Waals surface area contributed by atoms with Crippen LogP contribution in [0.4, 0.5) is 0 Å². The van der Waals surface area contributed by atoms with Crippen molar-refractivity contribution in [2.24, 2.45) is 5.73 Å². The van der Waals surface area contributed by atoms with Crippen LogP contribution in [0, 0.1) is 0 Å². The van der Waals surface area contributed by atoms with Gasteiger partial charge in [0.25, 0.3) is 5.91 Å². The van der Waals surface area contributed by atoms with Gasteiger partial charge in [-0.2, -0.15) is 0 Å². The highest BCUT2D eigenvalue weighted by Crippen LogP contribution is 2.10. The first-order valence-corrected chi connectivity index (χ1v) is 8.85. The van der Waals surface area contributed by atoms with Gasteiger partial charge in [0.2, 0.25) is 0 Å². The summed E-state index contributed by atoms with van der Waals surface area (Å²) in [6.07, 6.45) is 3.14. The first-order chi connectivity index (χ1) is 11.0. The zero-order valence-electron chi connectivity index (χ0n) is 16.0. The molecule has 0 fully saturated rings. The predicted octanol–water partition coefficient (Wildman–Crippen LogP) is 4.01. The molecule has 0 heterocycles. The fourth-order valence-electron chi connectivity index (χ4n) is 2.62. The van der Waals surface area contributed by atoms with Crippen LogP contribution < -0.4 is 11.1 Å². The first-order valence-electron chi connectivity index (χ1n) is 8.85. The van der Waals surface area contributed by atoms with Gasteiger partial charge in [0.15, 0.2) is 0 Å². The second-order valence-corrected chi connectivity index (χ2v) is 6.40. The second kappa shape index (κ2) is 14.4. The molecule has 0 saturated heterocycles. The van der Waals surface area contributed by atoms with Crippen molar-refractivity contribution in [3.05, 3.63) is 35.4 Å². The fraction of sp³-hybridized carbons (Fsp3) is 0.632. The summed E-state index contributed by atoms with van der Waals surface area (Å²) in [5, 5.41) is 3.03. The van der Waals surface area contributed by atoms with Gasteiger partial charge < -0.3 is 11.1 Å². The highest BCUT2D eigenvalue weighted by atomic mass is 35.5. The van der Waals surface area contributed by atoms with E-state index in [0.717, 1.165) is 32.4 Å². The summed E-state index contributed by atoms with van der Waals surface area (Å²) >= 11 is 0. The number of carbonyl (C=O) groups is 1. The van der Waals surface area contributed by atoms with Crippen molar-refractivity contribution < 1.29 is 4.79 Å². The van der Waals surface area contributed by atoms with Gasteiger partial charge in [0.05, 0.1) is 0 Å². The number of hydrogen-bond donors (Lipinski definition) is 2. The van der Waals surface area contributed by atoms with E-state index in [1.807, 2.05) is 24.3 Å². The number of nitrogens with zero attached hydrogens (tertiary/aromatic N) is 1. The molecule has 25 heavy (non-hydrogen) atoms. The summed E-state index contributed by atoms with van der Waals surface area (Å²) in [4.78, 5) is 14.7. The van der Waals surface area contributed by atoms with Gasteiger partial charge in [-0.25, -0.2) is 0 Å². The lowest BCUT2D eigenvalue weighted by Gasteiger charge is -2.24. The number of unbranched alkanes of at least 4 members (excludes halogenated alkanes) is 1. The zero-order valence-corrected chi connectivity index (χ0v) is 17.6. The molecule has 6 heteroatoms. The number of nitrogens with one attached hydrogen (secondary N) is 1. The van der Waals surface area contributed by atoms with E-state index in [4.69, 9.17) is 5.73 Å². The minimum Gasteiger partial charge on any atom is -0.348 e. The van der Waals surface area contributed by atoms with Crippen molar-refractivity contribution in [1.82, 2.24) is 10.2 Å². The molecule has 0 aliphatic rings. The Morgan fingerprint density at radius 3 is 2.20 bits per heavy atom. The highest BCUT2D eigenvalue weighted by molar-refractivity contribution is 5.94. The number of halogens is 2. The topological polar surface area (TPSA) is 58.4 Å². The smallest absolute Gasteiger partial charge is 0.251 e. The number of amides is 1. The molecule has 0 aromatic heterocycles.